The smallest absolute Gasteiger partial charge is 0.306 e. The van der Waals surface area contributed by atoms with E-state index in [-0.39, 0.29) is 19.8 Å². The van der Waals surface area contributed by atoms with Crippen LogP contribution in [-0.2, 0) is 10.0 Å². The van der Waals surface area contributed by atoms with Gasteiger partial charge in [-0.2, -0.15) is 0 Å². The normalized spacial score (nSPS) is 11.5. The Kier molecular flexibility index (Phi) is 5.95. The first-order chi connectivity index (χ1) is 15.1. The van der Waals surface area contributed by atoms with Crippen molar-refractivity contribution in [2.75, 3.05) is 5.32 Å². The Balaban J connectivity index is 1.56. The van der Waals surface area contributed by atoms with Gasteiger partial charge in [-0.05, 0) is 49.4 Å². The molecule has 4 aromatic rings. The standard InChI is InChI=1S/C19H14ClN5O4S3/c1-10-22-14-4-3-12(30)8-13(14)18(26)25(10)16-6-2-11(9-21-16)23-19(27)24-32(28,29)17-7-5-15(20)31-17/h2-9,30H,1H3,(H2,23,24,27). The summed E-state index contributed by atoms with van der Waals surface area (Å²) in [5.74, 6) is 0.722. The molecule has 164 valence electrons. The van der Waals surface area contributed by atoms with E-state index in [2.05, 4.69) is 27.9 Å². The number of hydrogen-bond donors (Lipinski definition) is 3. The Hall–Kier alpha value is -2.93. The molecule has 0 saturated carbocycles. The molecule has 0 radical (unpaired) electrons. The zero-order valence-electron chi connectivity index (χ0n) is 16.2. The predicted octanol–water partition coefficient (Wildman–Crippen LogP) is 3.60. The van der Waals surface area contributed by atoms with Crippen molar-refractivity contribution in [1.29, 1.82) is 0 Å². The van der Waals surface area contributed by atoms with Crippen LogP contribution < -0.4 is 15.6 Å². The summed E-state index contributed by atoms with van der Waals surface area (Å²) in [6, 6.07) is 9.84. The molecule has 0 fully saturated rings. The van der Waals surface area contributed by atoms with Gasteiger partial charge in [-0.25, -0.2) is 32.5 Å². The highest BCUT2D eigenvalue weighted by molar-refractivity contribution is 7.92. The Morgan fingerprint density at radius 1 is 1.19 bits per heavy atom. The minimum Gasteiger partial charge on any atom is -0.306 e. The second kappa shape index (κ2) is 8.54. The number of pyridine rings is 1. The van der Waals surface area contributed by atoms with Crippen molar-refractivity contribution < 1.29 is 13.2 Å². The van der Waals surface area contributed by atoms with E-state index in [1.54, 1.807) is 25.1 Å². The number of amides is 2. The lowest BCUT2D eigenvalue weighted by Gasteiger charge is -2.11. The summed E-state index contributed by atoms with van der Waals surface area (Å²) in [5, 5.41) is 2.78. The molecular weight excluding hydrogens is 494 g/mol. The molecular formula is C19H14ClN5O4S3. The minimum absolute atomic E-state index is 0.0888. The lowest BCUT2D eigenvalue weighted by Crippen LogP contribution is -2.34. The first-order valence-corrected chi connectivity index (χ1v) is 12.0. The fraction of sp³-hybridized carbons (Fsp3) is 0.0526. The topological polar surface area (TPSA) is 123 Å². The number of sulfonamides is 1. The van der Waals surface area contributed by atoms with E-state index in [9.17, 15) is 18.0 Å². The quantitative estimate of drug-likeness (QED) is 0.363. The molecule has 0 bridgehead atoms. The van der Waals surface area contributed by atoms with E-state index < -0.39 is 16.1 Å². The number of thiol groups is 1. The molecule has 3 heterocycles. The molecule has 13 heteroatoms. The molecule has 1 aromatic carbocycles. The van der Waals surface area contributed by atoms with E-state index in [0.717, 1.165) is 11.3 Å². The summed E-state index contributed by atoms with van der Waals surface area (Å²) in [7, 11) is -4.05. The van der Waals surface area contributed by atoms with Gasteiger partial charge in [0.1, 0.15) is 15.9 Å². The predicted molar refractivity (Wildman–Crippen MR) is 126 cm³/mol. The second-order valence-corrected chi connectivity index (χ2v) is 10.7. The van der Waals surface area contributed by atoms with Gasteiger partial charge in [0.05, 0.1) is 27.1 Å². The number of thiophene rings is 1. The average Bonchev–Trinajstić information content (AvgIpc) is 3.17. The zero-order valence-corrected chi connectivity index (χ0v) is 19.5. The Bertz CT molecular complexity index is 1510. The number of urea groups is 1. The van der Waals surface area contributed by atoms with Crippen LogP contribution in [0.3, 0.4) is 0 Å². The fourth-order valence-electron chi connectivity index (χ4n) is 2.92. The largest absolute Gasteiger partial charge is 0.333 e. The monoisotopic (exact) mass is 507 g/mol. The van der Waals surface area contributed by atoms with Crippen molar-refractivity contribution in [2.24, 2.45) is 0 Å². The molecule has 2 N–H and O–H groups in total. The molecule has 2 amide bonds. The summed E-state index contributed by atoms with van der Waals surface area (Å²) in [6.45, 7) is 1.68. The third-order valence-corrected chi connectivity index (χ3v) is 7.63. The van der Waals surface area contributed by atoms with Crippen LogP contribution >= 0.6 is 35.6 Å². The highest BCUT2D eigenvalue weighted by atomic mass is 35.5. The summed E-state index contributed by atoms with van der Waals surface area (Å²) in [6.07, 6.45) is 1.30. The number of nitrogens with one attached hydrogen (secondary N) is 2. The lowest BCUT2D eigenvalue weighted by atomic mass is 10.2. The number of aromatic nitrogens is 3. The van der Waals surface area contributed by atoms with Crippen LogP contribution in [0.2, 0.25) is 4.34 Å². The summed E-state index contributed by atoms with van der Waals surface area (Å²) in [5.41, 5.74) is 0.461. The van der Waals surface area contributed by atoms with Crippen molar-refractivity contribution in [3.8, 4) is 5.82 Å². The molecule has 3 aromatic heterocycles. The van der Waals surface area contributed by atoms with Crippen LogP contribution in [0.25, 0.3) is 16.7 Å². The van der Waals surface area contributed by atoms with E-state index in [1.165, 1.54) is 35.0 Å². The van der Waals surface area contributed by atoms with E-state index in [1.807, 2.05) is 4.72 Å². The molecule has 9 nitrogen and oxygen atoms in total. The molecule has 32 heavy (non-hydrogen) atoms. The van der Waals surface area contributed by atoms with E-state index in [4.69, 9.17) is 11.6 Å². The third kappa shape index (κ3) is 4.48. The van der Waals surface area contributed by atoms with Gasteiger partial charge in [-0.15, -0.1) is 24.0 Å². The maximum atomic E-state index is 13.0. The number of aryl methyl sites for hydroxylation is 1. The Labute approximate surface area is 196 Å². The molecule has 0 atom stereocenters. The van der Waals surface area contributed by atoms with Crippen LogP contribution in [0, 0.1) is 6.92 Å². The number of nitrogens with zero attached hydrogens (tertiary/aromatic N) is 3. The number of rotatable bonds is 4. The highest BCUT2D eigenvalue weighted by Gasteiger charge is 2.20. The summed E-state index contributed by atoms with van der Waals surface area (Å²) >= 11 is 10.8. The Morgan fingerprint density at radius 3 is 2.62 bits per heavy atom. The lowest BCUT2D eigenvalue weighted by molar-refractivity contribution is 0.256. The van der Waals surface area contributed by atoms with Gasteiger partial charge in [0, 0.05) is 4.90 Å². The maximum absolute atomic E-state index is 13.0. The van der Waals surface area contributed by atoms with E-state index >= 15 is 0 Å². The van der Waals surface area contributed by atoms with Crippen molar-refractivity contribution >= 4 is 68.2 Å². The van der Waals surface area contributed by atoms with Crippen LogP contribution in [0.5, 0.6) is 0 Å². The van der Waals surface area contributed by atoms with Crippen LogP contribution in [-0.4, -0.2) is 29.0 Å². The molecule has 4 rings (SSSR count). The number of fused-ring (bicyclic) bond motifs is 1. The SMILES string of the molecule is Cc1nc2ccc(S)cc2c(=O)n1-c1ccc(NC(=O)NS(=O)(=O)c2ccc(Cl)s2)cn1. The number of anilines is 1. The van der Waals surface area contributed by atoms with Crippen molar-refractivity contribution in [3.63, 3.8) is 0 Å². The fourth-order valence-corrected chi connectivity index (χ4v) is 5.51. The molecule has 0 aliphatic carbocycles. The van der Waals surface area contributed by atoms with E-state index in [0.29, 0.717) is 27.4 Å². The average molecular weight is 508 g/mol. The maximum Gasteiger partial charge on any atom is 0.333 e. The van der Waals surface area contributed by atoms with Gasteiger partial charge < -0.3 is 5.32 Å². The number of carbonyl (C=O) groups is 1. The zero-order chi connectivity index (χ0) is 23.0. The van der Waals surface area contributed by atoms with Gasteiger partial charge >= 0.3 is 6.03 Å². The molecule has 0 unspecified atom stereocenters. The van der Waals surface area contributed by atoms with Crippen molar-refractivity contribution in [2.45, 2.75) is 16.0 Å². The van der Waals surface area contributed by atoms with Crippen LogP contribution in [0.4, 0.5) is 10.5 Å². The van der Waals surface area contributed by atoms with Gasteiger partial charge in [0.15, 0.2) is 0 Å². The summed E-state index contributed by atoms with van der Waals surface area (Å²) in [4.78, 5) is 34.3. The van der Waals surface area contributed by atoms with Gasteiger partial charge in [-0.1, -0.05) is 11.6 Å². The number of halogens is 1. The van der Waals surface area contributed by atoms with Gasteiger partial charge in [-0.3, -0.25) is 4.79 Å². The molecule has 0 saturated heterocycles. The van der Waals surface area contributed by atoms with Crippen LogP contribution in [0.15, 0.2) is 62.6 Å². The second-order valence-electron chi connectivity index (χ2n) is 6.52. The number of hydrogen-bond acceptors (Lipinski definition) is 8. The van der Waals surface area contributed by atoms with Crippen molar-refractivity contribution in [1.82, 2.24) is 19.3 Å². The van der Waals surface area contributed by atoms with Crippen LogP contribution in [0.1, 0.15) is 5.82 Å². The first kappa shape index (κ1) is 22.3. The Morgan fingerprint density at radius 2 is 1.97 bits per heavy atom. The van der Waals surface area contributed by atoms with Crippen molar-refractivity contribution in [3.05, 3.63) is 69.2 Å². The first-order valence-electron chi connectivity index (χ1n) is 8.92. The van der Waals surface area contributed by atoms with Gasteiger partial charge in [0.25, 0.3) is 15.6 Å². The summed E-state index contributed by atoms with van der Waals surface area (Å²) < 4.78 is 27.8. The molecule has 0 aliphatic rings. The molecule has 0 aliphatic heterocycles. The highest BCUT2D eigenvalue weighted by Crippen LogP contribution is 2.25. The minimum atomic E-state index is -4.05. The number of carbonyl (C=O) groups excluding carboxylic acids is 1. The number of benzene rings is 1. The van der Waals surface area contributed by atoms with Gasteiger partial charge in [0.2, 0.25) is 0 Å². The third-order valence-electron chi connectivity index (χ3n) is 4.29. The molecule has 0 spiro atoms.